The Kier molecular flexibility index (Phi) is 7.08. The second-order valence-electron chi connectivity index (χ2n) is 6.31. The number of hydrogen-bond donors (Lipinski definition) is 2. The average Bonchev–Trinajstić information content (AvgIpc) is 2.65. The van der Waals surface area contributed by atoms with Crippen LogP contribution in [0.1, 0.15) is 19.4 Å². The molecule has 9 nitrogen and oxygen atoms in total. The van der Waals surface area contributed by atoms with Crippen LogP contribution in [0.25, 0.3) is 6.08 Å². The summed E-state index contributed by atoms with van der Waals surface area (Å²) in [6.07, 6.45) is 2.60. The molecule has 0 saturated carbocycles. The van der Waals surface area contributed by atoms with Crippen molar-refractivity contribution in [3.63, 3.8) is 0 Å². The van der Waals surface area contributed by atoms with E-state index in [4.69, 9.17) is 4.74 Å². The Bertz CT molecular complexity index is 1050. The molecule has 0 radical (unpaired) electrons. The first-order valence-corrected chi connectivity index (χ1v) is 10.0. The Morgan fingerprint density at radius 2 is 1.93 bits per heavy atom. The standard InChI is InChI=1S/C19H21N3O6S/c1-13(2)21-29(26,27)16-8-9-18(28-3)17(12-16)20-19(23)10-7-14-5-4-6-15(11-14)22(24)25/h4-13,21H,1-3H3,(H,20,23)/b10-7+. The smallest absolute Gasteiger partial charge is 0.270 e. The number of non-ortho nitro benzene ring substituents is 1. The van der Waals surface area contributed by atoms with E-state index in [9.17, 15) is 23.3 Å². The number of rotatable bonds is 8. The largest absolute Gasteiger partial charge is 0.495 e. The van der Waals surface area contributed by atoms with Crippen molar-refractivity contribution in [2.75, 3.05) is 12.4 Å². The third kappa shape index (κ3) is 6.13. The molecule has 2 N–H and O–H groups in total. The molecule has 154 valence electrons. The molecule has 0 unspecified atom stereocenters. The predicted molar refractivity (Wildman–Crippen MR) is 109 cm³/mol. The highest BCUT2D eigenvalue weighted by atomic mass is 32.2. The maximum atomic E-state index is 12.3. The van der Waals surface area contributed by atoms with Gasteiger partial charge in [0.1, 0.15) is 5.75 Å². The van der Waals surface area contributed by atoms with Crippen molar-refractivity contribution >= 4 is 33.4 Å². The highest BCUT2D eigenvalue weighted by molar-refractivity contribution is 7.89. The van der Waals surface area contributed by atoms with Gasteiger partial charge in [0.2, 0.25) is 15.9 Å². The summed E-state index contributed by atoms with van der Waals surface area (Å²) in [5.41, 5.74) is 0.552. The number of sulfonamides is 1. The van der Waals surface area contributed by atoms with Gasteiger partial charge in [-0.3, -0.25) is 14.9 Å². The van der Waals surface area contributed by atoms with Crippen LogP contribution >= 0.6 is 0 Å². The van der Waals surface area contributed by atoms with Crippen molar-refractivity contribution in [2.24, 2.45) is 0 Å². The maximum absolute atomic E-state index is 12.3. The molecule has 0 bridgehead atoms. The molecular weight excluding hydrogens is 398 g/mol. The second kappa shape index (κ2) is 9.30. The Morgan fingerprint density at radius 1 is 1.21 bits per heavy atom. The number of benzene rings is 2. The van der Waals surface area contributed by atoms with Crippen LogP contribution in [-0.4, -0.2) is 32.4 Å². The zero-order valence-corrected chi connectivity index (χ0v) is 16.9. The third-order valence-electron chi connectivity index (χ3n) is 3.64. The van der Waals surface area contributed by atoms with Crippen LogP contribution in [0.2, 0.25) is 0 Å². The summed E-state index contributed by atoms with van der Waals surface area (Å²) in [6, 6.07) is 9.61. The van der Waals surface area contributed by atoms with Gasteiger partial charge in [-0.05, 0) is 43.7 Å². The van der Waals surface area contributed by atoms with Gasteiger partial charge in [0, 0.05) is 24.3 Å². The molecule has 0 aliphatic heterocycles. The van der Waals surface area contributed by atoms with E-state index in [0.717, 1.165) is 0 Å². The van der Waals surface area contributed by atoms with Crippen molar-refractivity contribution < 1.29 is 22.9 Å². The Balaban J connectivity index is 2.24. The van der Waals surface area contributed by atoms with Crippen molar-refractivity contribution in [1.29, 1.82) is 0 Å². The number of hydrogen-bond acceptors (Lipinski definition) is 6. The maximum Gasteiger partial charge on any atom is 0.270 e. The summed E-state index contributed by atoms with van der Waals surface area (Å²) in [5.74, 6) is -0.272. The summed E-state index contributed by atoms with van der Waals surface area (Å²) < 4.78 is 32.3. The number of nitrogens with one attached hydrogen (secondary N) is 2. The molecule has 0 aliphatic carbocycles. The molecular formula is C19H21N3O6S. The molecule has 2 aromatic rings. The molecule has 29 heavy (non-hydrogen) atoms. The van der Waals surface area contributed by atoms with Crippen LogP contribution in [0.5, 0.6) is 5.75 Å². The molecule has 10 heteroatoms. The fourth-order valence-corrected chi connectivity index (χ4v) is 3.70. The Hall–Kier alpha value is -3.24. The Labute approximate surface area is 168 Å². The molecule has 0 atom stereocenters. The number of nitro groups is 1. The van der Waals surface area contributed by atoms with E-state index in [0.29, 0.717) is 5.56 Å². The summed E-state index contributed by atoms with van der Waals surface area (Å²) in [5, 5.41) is 13.4. The van der Waals surface area contributed by atoms with Gasteiger partial charge in [-0.25, -0.2) is 13.1 Å². The summed E-state index contributed by atoms with van der Waals surface area (Å²) >= 11 is 0. The third-order valence-corrected chi connectivity index (χ3v) is 5.29. The number of carbonyl (C=O) groups excluding carboxylic acids is 1. The number of nitrogens with zero attached hydrogens (tertiary/aromatic N) is 1. The fraction of sp³-hybridized carbons (Fsp3) is 0.211. The lowest BCUT2D eigenvalue weighted by Crippen LogP contribution is -2.30. The minimum absolute atomic E-state index is 0.0232. The second-order valence-corrected chi connectivity index (χ2v) is 8.03. The molecule has 0 aliphatic rings. The number of methoxy groups -OCH3 is 1. The first-order valence-electron chi connectivity index (χ1n) is 8.56. The molecule has 0 aromatic heterocycles. The highest BCUT2D eigenvalue weighted by Gasteiger charge is 2.18. The van der Waals surface area contributed by atoms with E-state index in [1.165, 1.54) is 55.7 Å². The summed E-state index contributed by atoms with van der Waals surface area (Å²) in [7, 11) is -2.36. The van der Waals surface area contributed by atoms with Crippen molar-refractivity contribution in [3.05, 3.63) is 64.2 Å². The van der Waals surface area contributed by atoms with Crippen molar-refractivity contribution in [1.82, 2.24) is 4.72 Å². The van der Waals surface area contributed by atoms with Crippen LogP contribution in [0.3, 0.4) is 0 Å². The van der Waals surface area contributed by atoms with E-state index < -0.39 is 20.9 Å². The normalized spacial score (nSPS) is 11.6. The van der Waals surface area contributed by atoms with Gasteiger partial charge in [-0.2, -0.15) is 0 Å². The molecule has 0 fully saturated rings. The minimum Gasteiger partial charge on any atom is -0.495 e. The zero-order chi connectivity index (χ0) is 21.6. The summed E-state index contributed by atoms with van der Waals surface area (Å²) in [4.78, 5) is 22.5. The van der Waals surface area contributed by atoms with Crippen LogP contribution in [0, 0.1) is 10.1 Å². The van der Waals surface area contributed by atoms with Crippen LogP contribution < -0.4 is 14.8 Å². The average molecular weight is 419 g/mol. The van der Waals surface area contributed by atoms with Gasteiger partial charge in [0.25, 0.3) is 5.69 Å². The zero-order valence-electron chi connectivity index (χ0n) is 16.1. The fourth-order valence-electron chi connectivity index (χ4n) is 2.42. The number of anilines is 1. The first-order chi connectivity index (χ1) is 13.6. The number of carbonyl (C=O) groups is 1. The first kappa shape index (κ1) is 22.1. The van der Waals surface area contributed by atoms with Crippen LogP contribution in [0.15, 0.2) is 53.4 Å². The number of nitro benzene ring substituents is 1. The van der Waals surface area contributed by atoms with Gasteiger partial charge >= 0.3 is 0 Å². The predicted octanol–water partition coefficient (Wildman–Crippen LogP) is 2.94. The monoisotopic (exact) mass is 419 g/mol. The van der Waals surface area contributed by atoms with E-state index in [1.807, 2.05) is 0 Å². The molecule has 0 saturated heterocycles. The Morgan fingerprint density at radius 3 is 2.55 bits per heavy atom. The molecule has 0 spiro atoms. The summed E-state index contributed by atoms with van der Waals surface area (Å²) in [6.45, 7) is 3.39. The topological polar surface area (TPSA) is 128 Å². The highest BCUT2D eigenvalue weighted by Crippen LogP contribution is 2.27. The van der Waals surface area contributed by atoms with E-state index in [2.05, 4.69) is 10.0 Å². The SMILES string of the molecule is COc1ccc(S(=O)(=O)NC(C)C)cc1NC(=O)/C=C/c1cccc([N+](=O)[O-])c1. The molecule has 0 heterocycles. The van der Waals surface area contributed by atoms with Crippen LogP contribution in [0.4, 0.5) is 11.4 Å². The van der Waals surface area contributed by atoms with E-state index in [1.54, 1.807) is 19.9 Å². The minimum atomic E-state index is -3.75. The number of amides is 1. The van der Waals surface area contributed by atoms with Gasteiger partial charge in [0.15, 0.2) is 0 Å². The van der Waals surface area contributed by atoms with E-state index in [-0.39, 0.29) is 28.1 Å². The quantitative estimate of drug-likeness (QED) is 0.385. The number of ether oxygens (including phenoxy) is 1. The lowest BCUT2D eigenvalue weighted by Gasteiger charge is -2.13. The molecule has 1 amide bonds. The van der Waals surface area contributed by atoms with Gasteiger partial charge < -0.3 is 10.1 Å². The lowest BCUT2D eigenvalue weighted by atomic mass is 10.2. The van der Waals surface area contributed by atoms with E-state index >= 15 is 0 Å². The lowest BCUT2D eigenvalue weighted by molar-refractivity contribution is -0.384. The van der Waals surface area contributed by atoms with Crippen LogP contribution in [-0.2, 0) is 14.8 Å². The van der Waals surface area contributed by atoms with Gasteiger partial charge in [-0.15, -0.1) is 0 Å². The molecule has 2 rings (SSSR count). The van der Waals surface area contributed by atoms with Gasteiger partial charge in [0.05, 0.1) is 22.6 Å². The van der Waals surface area contributed by atoms with Crippen molar-refractivity contribution in [3.8, 4) is 5.75 Å². The molecule has 2 aromatic carbocycles. The van der Waals surface area contributed by atoms with Crippen molar-refractivity contribution in [2.45, 2.75) is 24.8 Å². The van der Waals surface area contributed by atoms with Gasteiger partial charge in [-0.1, -0.05) is 12.1 Å².